The average molecular weight is 715 g/mol. The molecule has 0 saturated carbocycles. The van der Waals surface area contributed by atoms with E-state index in [1.165, 1.54) is 12.2 Å². The van der Waals surface area contributed by atoms with Crippen LogP contribution >= 0.6 is 0 Å². The van der Waals surface area contributed by atoms with Crippen LogP contribution in [-0.4, -0.2) is 114 Å². The summed E-state index contributed by atoms with van der Waals surface area (Å²) in [5.74, 6) is 0.240. The van der Waals surface area contributed by atoms with Crippen LogP contribution in [0, 0.1) is 0 Å². The molecule has 0 bridgehead atoms. The van der Waals surface area contributed by atoms with Crippen molar-refractivity contribution < 1.29 is 28.7 Å². The fraction of sp³-hybridized carbons (Fsp3) is 0.444. The Labute approximate surface area is 301 Å². The lowest BCUT2D eigenvalue weighted by Gasteiger charge is -2.36. The zero-order chi connectivity index (χ0) is 37.4. The molecule has 0 spiro atoms. The molecule has 4 aromatic rings. The molecule has 2 fully saturated rings. The Morgan fingerprint density at radius 2 is 1.17 bits per heavy atom. The lowest BCUT2D eigenvalue weighted by atomic mass is 10.0. The lowest BCUT2D eigenvalue weighted by Crippen LogP contribution is -2.46. The molecule has 0 radical (unpaired) electrons. The van der Waals surface area contributed by atoms with Crippen LogP contribution in [0.2, 0.25) is 0 Å². The van der Waals surface area contributed by atoms with Gasteiger partial charge in [0.05, 0.1) is 23.5 Å². The number of fused-ring (bicyclic) bond motifs is 2. The SMILES string of the molecule is C=CC(=O)N1CC[C@@H](Oc2cnc3[nH]cc(C(=O)NCC)c3n2)C[C@@H]1C.C=CC(=O)N1CC[C@H](Oc2cnc3[nH]cc(C(=O)NCC)c3n2)C[C@H]1C. The first-order valence-electron chi connectivity index (χ1n) is 17.5. The molecule has 16 heteroatoms. The van der Waals surface area contributed by atoms with E-state index in [9.17, 15) is 19.2 Å². The standard InChI is InChI=1S/2C18H23N5O3/c2*1-4-15(24)23-7-6-12(8-11(23)3)26-14-10-21-17-16(22-14)13(9-20-17)18(25)19-5-2/h2*4,9-12H,1,5-8H2,2-3H3,(H,19,25)(H,20,21)/t2*11-,12+/m10/s1. The van der Waals surface area contributed by atoms with E-state index >= 15 is 0 Å². The number of H-pyrrole nitrogens is 2. The van der Waals surface area contributed by atoms with Gasteiger partial charge in [0.2, 0.25) is 23.6 Å². The Balaban J connectivity index is 0.000000201. The minimum Gasteiger partial charge on any atom is -0.473 e. The first-order chi connectivity index (χ1) is 25.1. The third-order valence-electron chi connectivity index (χ3n) is 9.03. The van der Waals surface area contributed by atoms with Crippen LogP contribution in [0.25, 0.3) is 22.3 Å². The van der Waals surface area contributed by atoms with Crippen molar-refractivity contribution >= 4 is 46.0 Å². The summed E-state index contributed by atoms with van der Waals surface area (Å²) >= 11 is 0. The second-order valence-electron chi connectivity index (χ2n) is 12.6. The van der Waals surface area contributed by atoms with E-state index in [-0.39, 0.29) is 47.9 Å². The van der Waals surface area contributed by atoms with Gasteiger partial charge in [0.1, 0.15) is 23.2 Å². The number of ether oxygens (including phenoxy) is 2. The monoisotopic (exact) mass is 714 g/mol. The van der Waals surface area contributed by atoms with E-state index in [0.717, 1.165) is 0 Å². The summed E-state index contributed by atoms with van der Waals surface area (Å²) < 4.78 is 12.0. The van der Waals surface area contributed by atoms with E-state index in [0.29, 0.717) is 97.1 Å². The minimum atomic E-state index is -0.199. The normalized spacial score (nSPS) is 20.0. The van der Waals surface area contributed by atoms with Crippen molar-refractivity contribution in [3.05, 3.63) is 61.2 Å². The number of carbonyl (C=O) groups is 4. The molecule has 6 rings (SSSR count). The summed E-state index contributed by atoms with van der Waals surface area (Å²) in [5, 5.41) is 5.51. The number of hydrogen-bond donors (Lipinski definition) is 4. The summed E-state index contributed by atoms with van der Waals surface area (Å²) in [6.07, 6.45) is 11.7. The quantitative estimate of drug-likeness (QED) is 0.177. The Morgan fingerprint density at radius 3 is 1.52 bits per heavy atom. The molecule has 2 aliphatic rings. The van der Waals surface area contributed by atoms with Gasteiger partial charge in [-0.1, -0.05) is 13.2 Å². The zero-order valence-corrected chi connectivity index (χ0v) is 30.0. The lowest BCUT2D eigenvalue weighted by molar-refractivity contribution is -0.131. The molecule has 0 aromatic carbocycles. The van der Waals surface area contributed by atoms with Crippen LogP contribution in [-0.2, 0) is 9.59 Å². The van der Waals surface area contributed by atoms with Crippen molar-refractivity contribution in [2.24, 2.45) is 0 Å². The number of aromatic nitrogens is 6. The summed E-state index contributed by atoms with van der Waals surface area (Å²) in [6, 6.07) is 0.128. The van der Waals surface area contributed by atoms with E-state index in [1.54, 1.807) is 34.6 Å². The van der Waals surface area contributed by atoms with Crippen LogP contribution in [0.1, 0.15) is 74.1 Å². The first kappa shape index (κ1) is 37.5. The van der Waals surface area contributed by atoms with Gasteiger partial charge in [0.25, 0.3) is 11.8 Å². The number of aromatic amines is 2. The van der Waals surface area contributed by atoms with Gasteiger partial charge in [-0.05, 0) is 39.8 Å². The van der Waals surface area contributed by atoms with Crippen LogP contribution in [0.5, 0.6) is 11.8 Å². The highest BCUT2D eigenvalue weighted by molar-refractivity contribution is 6.05. The summed E-state index contributed by atoms with van der Waals surface area (Å²) in [5.41, 5.74) is 2.94. The van der Waals surface area contributed by atoms with Gasteiger partial charge in [0, 0.05) is 76.3 Å². The molecule has 2 aliphatic heterocycles. The number of rotatable bonds is 10. The highest BCUT2D eigenvalue weighted by atomic mass is 16.5. The van der Waals surface area contributed by atoms with Gasteiger partial charge in [-0.2, -0.15) is 0 Å². The molecular formula is C36H46N10O6. The Hall–Kier alpha value is -5.80. The summed E-state index contributed by atoms with van der Waals surface area (Å²) in [6.45, 7) is 17.1. The minimum absolute atomic E-state index is 0.0579. The first-order valence-corrected chi connectivity index (χ1v) is 17.5. The van der Waals surface area contributed by atoms with Crippen molar-refractivity contribution in [3.8, 4) is 11.8 Å². The largest absolute Gasteiger partial charge is 0.473 e. The van der Waals surface area contributed by atoms with Crippen molar-refractivity contribution in [1.29, 1.82) is 0 Å². The van der Waals surface area contributed by atoms with Crippen LogP contribution in [0.15, 0.2) is 50.1 Å². The maximum absolute atomic E-state index is 12.1. The molecule has 4 atom stereocenters. The average Bonchev–Trinajstić information content (AvgIpc) is 3.76. The fourth-order valence-corrected chi connectivity index (χ4v) is 6.42. The smallest absolute Gasteiger partial charge is 0.255 e. The number of nitrogens with zero attached hydrogens (tertiary/aromatic N) is 6. The number of likely N-dealkylation sites (tertiary alicyclic amines) is 2. The molecule has 0 aliphatic carbocycles. The Kier molecular flexibility index (Phi) is 12.2. The Morgan fingerprint density at radius 1 is 0.769 bits per heavy atom. The van der Waals surface area contributed by atoms with Crippen molar-refractivity contribution in [2.75, 3.05) is 26.2 Å². The predicted octanol–water partition coefficient (Wildman–Crippen LogP) is 3.30. The van der Waals surface area contributed by atoms with Gasteiger partial charge in [-0.15, -0.1) is 0 Å². The number of piperidine rings is 2. The van der Waals surface area contributed by atoms with Crippen LogP contribution in [0.4, 0.5) is 0 Å². The summed E-state index contributed by atoms with van der Waals surface area (Å²) in [7, 11) is 0. The predicted molar refractivity (Wildman–Crippen MR) is 194 cm³/mol. The summed E-state index contributed by atoms with van der Waals surface area (Å²) in [4.78, 5) is 74.8. The molecule has 4 N–H and O–H groups in total. The third kappa shape index (κ3) is 8.55. The van der Waals surface area contributed by atoms with E-state index < -0.39 is 0 Å². The highest BCUT2D eigenvalue weighted by Gasteiger charge is 2.30. The topological polar surface area (TPSA) is 200 Å². The molecule has 2 saturated heterocycles. The maximum Gasteiger partial charge on any atom is 0.255 e. The van der Waals surface area contributed by atoms with E-state index in [4.69, 9.17) is 9.47 Å². The molecule has 52 heavy (non-hydrogen) atoms. The van der Waals surface area contributed by atoms with E-state index in [1.807, 2.05) is 27.7 Å². The van der Waals surface area contributed by atoms with Gasteiger partial charge in [-0.3, -0.25) is 19.2 Å². The fourth-order valence-electron chi connectivity index (χ4n) is 6.42. The molecule has 4 amide bonds. The number of hydrogen-bond acceptors (Lipinski definition) is 10. The van der Waals surface area contributed by atoms with Crippen molar-refractivity contribution in [3.63, 3.8) is 0 Å². The second-order valence-corrected chi connectivity index (χ2v) is 12.6. The molecule has 276 valence electrons. The maximum atomic E-state index is 12.1. The van der Waals surface area contributed by atoms with Gasteiger partial charge in [-0.25, -0.2) is 19.9 Å². The van der Waals surface area contributed by atoms with Crippen molar-refractivity contribution in [1.82, 2.24) is 50.3 Å². The van der Waals surface area contributed by atoms with Gasteiger partial charge >= 0.3 is 0 Å². The Bertz CT molecular complexity index is 1800. The number of amides is 4. The molecule has 16 nitrogen and oxygen atoms in total. The second kappa shape index (κ2) is 16.9. The van der Waals surface area contributed by atoms with Gasteiger partial charge < -0.3 is 39.9 Å². The molecule has 4 aromatic heterocycles. The molecular weight excluding hydrogens is 668 g/mol. The number of nitrogens with one attached hydrogen (secondary N) is 4. The van der Waals surface area contributed by atoms with Crippen LogP contribution in [0.3, 0.4) is 0 Å². The van der Waals surface area contributed by atoms with E-state index in [2.05, 4.69) is 53.7 Å². The van der Waals surface area contributed by atoms with Crippen molar-refractivity contribution in [2.45, 2.75) is 77.7 Å². The zero-order valence-electron chi connectivity index (χ0n) is 30.0. The highest BCUT2D eigenvalue weighted by Crippen LogP contribution is 2.25. The third-order valence-corrected chi connectivity index (χ3v) is 9.03. The number of carbonyl (C=O) groups excluding carboxylic acids is 4. The molecule has 0 unspecified atom stereocenters. The van der Waals surface area contributed by atoms with Crippen LogP contribution < -0.4 is 20.1 Å². The molecule has 6 heterocycles. The van der Waals surface area contributed by atoms with Gasteiger partial charge in [0.15, 0.2) is 11.3 Å².